The van der Waals surface area contributed by atoms with Crippen LogP contribution in [0.1, 0.15) is 19.3 Å². The molecule has 21 heavy (non-hydrogen) atoms. The number of amides is 1. The molecule has 1 aromatic heterocycles. The summed E-state index contributed by atoms with van der Waals surface area (Å²) >= 11 is 3.32. The number of nitrogens with zero attached hydrogens (tertiary/aromatic N) is 1. The molecule has 0 unspecified atom stereocenters. The molecule has 1 aromatic carbocycles. The molecule has 6 heteroatoms. The number of rotatable bonds is 4. The Labute approximate surface area is 132 Å². The Hall–Kier alpha value is -1.11. The molecule has 2 heterocycles. The highest BCUT2D eigenvalue weighted by Gasteiger charge is 2.17. The van der Waals surface area contributed by atoms with E-state index in [-0.39, 0.29) is 5.91 Å². The number of hydrogen-bond acceptors (Lipinski definition) is 5. The van der Waals surface area contributed by atoms with Gasteiger partial charge in [-0.2, -0.15) is 0 Å². The minimum atomic E-state index is 0.121. The van der Waals surface area contributed by atoms with Crippen LogP contribution >= 0.6 is 23.1 Å². The van der Waals surface area contributed by atoms with Gasteiger partial charge in [-0.05, 0) is 56.3 Å². The second kappa shape index (κ2) is 6.77. The zero-order valence-electron chi connectivity index (χ0n) is 12.0. The van der Waals surface area contributed by atoms with Crippen molar-refractivity contribution in [2.75, 3.05) is 24.7 Å². The highest BCUT2D eigenvalue weighted by atomic mass is 32.2. The fraction of sp³-hybridized carbons (Fsp3) is 0.467. The van der Waals surface area contributed by atoms with Gasteiger partial charge in [-0.25, -0.2) is 4.98 Å². The fourth-order valence-electron chi connectivity index (χ4n) is 2.63. The minimum Gasteiger partial charge on any atom is -0.326 e. The number of carbonyl (C=O) groups is 1. The molecule has 1 amide bonds. The number of anilines is 1. The third-order valence-electron chi connectivity index (χ3n) is 3.76. The van der Waals surface area contributed by atoms with Crippen LogP contribution in [0.5, 0.6) is 0 Å². The minimum absolute atomic E-state index is 0.121. The normalized spacial score (nSPS) is 16.2. The quantitative estimate of drug-likeness (QED) is 0.848. The molecule has 1 saturated heterocycles. The van der Waals surface area contributed by atoms with E-state index in [1.807, 2.05) is 24.5 Å². The Balaban J connectivity index is 1.64. The van der Waals surface area contributed by atoms with Crippen molar-refractivity contribution in [3.05, 3.63) is 18.2 Å². The molecule has 2 N–H and O–H groups in total. The van der Waals surface area contributed by atoms with Crippen LogP contribution < -0.4 is 10.6 Å². The number of thioether (sulfide) groups is 1. The summed E-state index contributed by atoms with van der Waals surface area (Å²) in [5, 5.41) is 6.35. The van der Waals surface area contributed by atoms with Crippen molar-refractivity contribution in [2.24, 2.45) is 5.92 Å². The van der Waals surface area contributed by atoms with E-state index < -0.39 is 0 Å². The molecule has 0 radical (unpaired) electrons. The molecule has 0 spiro atoms. The maximum absolute atomic E-state index is 12.1. The topological polar surface area (TPSA) is 54.0 Å². The van der Waals surface area contributed by atoms with Crippen LogP contribution in [0.2, 0.25) is 0 Å². The van der Waals surface area contributed by atoms with Crippen molar-refractivity contribution in [3.8, 4) is 0 Å². The summed E-state index contributed by atoms with van der Waals surface area (Å²) in [6.07, 6.45) is 4.84. The molecule has 3 rings (SSSR count). The Morgan fingerprint density at radius 3 is 3.05 bits per heavy atom. The van der Waals surface area contributed by atoms with Gasteiger partial charge >= 0.3 is 0 Å². The van der Waals surface area contributed by atoms with Crippen molar-refractivity contribution >= 4 is 44.9 Å². The van der Waals surface area contributed by atoms with E-state index in [2.05, 4.69) is 15.6 Å². The average molecular weight is 321 g/mol. The summed E-state index contributed by atoms with van der Waals surface area (Å²) < 4.78 is 2.18. The summed E-state index contributed by atoms with van der Waals surface area (Å²) in [7, 11) is 0. The van der Waals surface area contributed by atoms with Crippen LogP contribution in [-0.4, -0.2) is 30.2 Å². The largest absolute Gasteiger partial charge is 0.326 e. The predicted octanol–water partition coefficient (Wildman–Crippen LogP) is 3.35. The zero-order chi connectivity index (χ0) is 14.7. The number of piperidine rings is 1. The van der Waals surface area contributed by atoms with Gasteiger partial charge in [-0.15, -0.1) is 11.3 Å². The Kier molecular flexibility index (Phi) is 4.77. The maximum atomic E-state index is 12.1. The lowest BCUT2D eigenvalue weighted by atomic mass is 9.94. The number of carbonyl (C=O) groups excluding carboxylic acids is 1. The van der Waals surface area contributed by atoms with E-state index in [0.717, 1.165) is 46.2 Å². The molecule has 112 valence electrons. The van der Waals surface area contributed by atoms with E-state index in [1.165, 1.54) is 0 Å². The Morgan fingerprint density at radius 1 is 1.48 bits per heavy atom. The van der Waals surface area contributed by atoms with Crippen LogP contribution in [0.4, 0.5) is 5.69 Å². The van der Waals surface area contributed by atoms with Gasteiger partial charge in [0.2, 0.25) is 5.91 Å². The molecule has 0 atom stereocenters. The van der Waals surface area contributed by atoms with E-state index in [4.69, 9.17) is 0 Å². The molecule has 1 aliphatic rings. The first-order valence-corrected chi connectivity index (χ1v) is 9.24. The summed E-state index contributed by atoms with van der Waals surface area (Å²) in [6, 6.07) is 5.94. The van der Waals surface area contributed by atoms with Crippen LogP contribution in [0, 0.1) is 5.92 Å². The van der Waals surface area contributed by atoms with Gasteiger partial charge in [0.25, 0.3) is 0 Å². The summed E-state index contributed by atoms with van der Waals surface area (Å²) in [5.41, 5.74) is 1.87. The maximum Gasteiger partial charge on any atom is 0.224 e. The van der Waals surface area contributed by atoms with Crippen molar-refractivity contribution in [1.82, 2.24) is 10.3 Å². The first kappa shape index (κ1) is 14.8. The van der Waals surface area contributed by atoms with Crippen LogP contribution in [0.15, 0.2) is 22.5 Å². The lowest BCUT2D eigenvalue weighted by Gasteiger charge is -2.21. The first-order chi connectivity index (χ1) is 10.2. The molecular weight excluding hydrogens is 302 g/mol. The van der Waals surface area contributed by atoms with E-state index in [0.29, 0.717) is 12.3 Å². The molecule has 1 fully saturated rings. The standard InChI is InChI=1S/C15H19N3OS2/c1-20-15-18-12-3-2-11(9-13(12)21-15)17-14(19)8-10-4-6-16-7-5-10/h2-3,9-10,16H,4-8H2,1H3,(H,17,19). The predicted molar refractivity (Wildman–Crippen MR) is 90.2 cm³/mol. The fourth-order valence-corrected chi connectivity index (χ4v) is 4.16. The van der Waals surface area contributed by atoms with E-state index in [1.54, 1.807) is 23.1 Å². The lowest BCUT2D eigenvalue weighted by Crippen LogP contribution is -2.30. The first-order valence-electron chi connectivity index (χ1n) is 7.20. The number of fused-ring (bicyclic) bond motifs is 1. The Morgan fingerprint density at radius 2 is 2.29 bits per heavy atom. The second-order valence-corrected chi connectivity index (χ2v) is 7.40. The Bertz CT molecular complexity index is 635. The highest BCUT2D eigenvalue weighted by molar-refractivity contribution is 8.00. The second-order valence-electron chi connectivity index (χ2n) is 5.31. The van der Waals surface area contributed by atoms with Gasteiger partial charge < -0.3 is 10.6 Å². The number of hydrogen-bond donors (Lipinski definition) is 2. The summed E-state index contributed by atoms with van der Waals surface area (Å²) in [6.45, 7) is 2.06. The van der Waals surface area contributed by atoms with Crippen LogP contribution in [0.25, 0.3) is 10.2 Å². The molecule has 1 aliphatic heterocycles. The monoisotopic (exact) mass is 321 g/mol. The highest BCUT2D eigenvalue weighted by Crippen LogP contribution is 2.30. The zero-order valence-corrected chi connectivity index (χ0v) is 13.6. The molecule has 2 aromatic rings. The van der Waals surface area contributed by atoms with Crippen LogP contribution in [0.3, 0.4) is 0 Å². The molecule has 0 saturated carbocycles. The number of benzene rings is 1. The summed E-state index contributed by atoms with van der Waals surface area (Å²) in [5.74, 6) is 0.636. The van der Waals surface area contributed by atoms with Gasteiger partial charge in [0.1, 0.15) is 0 Å². The van der Waals surface area contributed by atoms with Gasteiger partial charge in [0.05, 0.1) is 10.2 Å². The molecule has 0 aliphatic carbocycles. The molecular formula is C15H19N3OS2. The third kappa shape index (κ3) is 3.75. The number of nitrogens with one attached hydrogen (secondary N) is 2. The molecule has 0 bridgehead atoms. The van der Waals surface area contributed by atoms with Crippen LogP contribution in [-0.2, 0) is 4.79 Å². The van der Waals surface area contributed by atoms with Gasteiger partial charge in [0.15, 0.2) is 4.34 Å². The lowest BCUT2D eigenvalue weighted by molar-refractivity contribution is -0.117. The smallest absolute Gasteiger partial charge is 0.224 e. The average Bonchev–Trinajstić information content (AvgIpc) is 2.90. The van der Waals surface area contributed by atoms with Gasteiger partial charge in [-0.3, -0.25) is 4.79 Å². The van der Waals surface area contributed by atoms with Crippen molar-refractivity contribution in [2.45, 2.75) is 23.6 Å². The van der Waals surface area contributed by atoms with Crippen molar-refractivity contribution in [1.29, 1.82) is 0 Å². The van der Waals surface area contributed by atoms with Gasteiger partial charge in [-0.1, -0.05) is 11.8 Å². The van der Waals surface area contributed by atoms with E-state index in [9.17, 15) is 4.79 Å². The number of thiazole rings is 1. The van der Waals surface area contributed by atoms with Crippen molar-refractivity contribution < 1.29 is 4.79 Å². The summed E-state index contributed by atoms with van der Waals surface area (Å²) in [4.78, 5) is 16.6. The van der Waals surface area contributed by atoms with Crippen molar-refractivity contribution in [3.63, 3.8) is 0 Å². The van der Waals surface area contributed by atoms with Gasteiger partial charge in [0, 0.05) is 12.1 Å². The van der Waals surface area contributed by atoms with E-state index >= 15 is 0 Å². The third-order valence-corrected chi connectivity index (χ3v) is 5.76. The number of aromatic nitrogens is 1. The SMILES string of the molecule is CSc1nc2ccc(NC(=O)CC3CCNCC3)cc2s1. The molecule has 4 nitrogen and oxygen atoms in total.